The fourth-order valence-corrected chi connectivity index (χ4v) is 4.81. The van der Waals surface area contributed by atoms with E-state index in [0.717, 1.165) is 25.7 Å². The molecule has 0 spiro atoms. The molecule has 1 aromatic carbocycles. The Bertz CT molecular complexity index is 596. The van der Waals surface area contributed by atoms with E-state index in [4.69, 9.17) is 0 Å². The minimum Gasteiger partial charge on any atom is -0.351 e. The number of amides is 1. The highest BCUT2D eigenvalue weighted by Gasteiger charge is 2.29. The Hall–Kier alpha value is -1.40. The van der Waals surface area contributed by atoms with Gasteiger partial charge in [0.1, 0.15) is 0 Å². The van der Waals surface area contributed by atoms with Crippen LogP contribution >= 0.6 is 0 Å². The van der Waals surface area contributed by atoms with Crippen molar-refractivity contribution >= 4 is 15.9 Å². The molecule has 0 heterocycles. The minimum absolute atomic E-state index is 0.0457. The molecule has 5 nitrogen and oxygen atoms in total. The molecule has 1 aliphatic carbocycles. The summed E-state index contributed by atoms with van der Waals surface area (Å²) in [6.45, 7) is 2.52. The average Bonchev–Trinajstić information content (AvgIpc) is 2.56. The number of benzene rings is 1. The Morgan fingerprint density at radius 2 is 1.83 bits per heavy atom. The zero-order valence-electron chi connectivity index (χ0n) is 13.7. The van der Waals surface area contributed by atoms with Gasteiger partial charge < -0.3 is 5.32 Å². The molecule has 1 N–H and O–H groups in total. The maximum Gasteiger partial charge on any atom is 0.251 e. The SMILES string of the molecule is CCN(C1CCCCC1)S(=O)(=O)CCNC(=O)c1ccccc1. The van der Waals surface area contributed by atoms with Gasteiger partial charge in [0.05, 0.1) is 5.75 Å². The first-order chi connectivity index (χ1) is 11.0. The quantitative estimate of drug-likeness (QED) is 0.830. The zero-order valence-corrected chi connectivity index (χ0v) is 14.5. The molecule has 0 radical (unpaired) electrons. The highest BCUT2D eigenvalue weighted by Crippen LogP contribution is 2.24. The van der Waals surface area contributed by atoms with Crippen LogP contribution in [-0.2, 0) is 10.0 Å². The molecule has 0 aromatic heterocycles. The highest BCUT2D eigenvalue weighted by atomic mass is 32.2. The molecule has 6 heteroatoms. The third-order valence-electron chi connectivity index (χ3n) is 4.33. The van der Waals surface area contributed by atoms with Crippen molar-refractivity contribution in [1.29, 1.82) is 0 Å². The van der Waals surface area contributed by atoms with Gasteiger partial charge in [0, 0.05) is 24.7 Å². The van der Waals surface area contributed by atoms with E-state index in [-0.39, 0.29) is 24.2 Å². The number of hydrogen-bond donors (Lipinski definition) is 1. The third kappa shape index (κ3) is 5.04. The van der Waals surface area contributed by atoms with Gasteiger partial charge in [-0.15, -0.1) is 0 Å². The van der Waals surface area contributed by atoms with Crippen LogP contribution in [0.5, 0.6) is 0 Å². The Morgan fingerprint density at radius 1 is 1.17 bits per heavy atom. The van der Waals surface area contributed by atoms with E-state index in [1.165, 1.54) is 6.42 Å². The summed E-state index contributed by atoms with van der Waals surface area (Å²) in [5, 5.41) is 2.69. The molecule has 0 bridgehead atoms. The molecule has 23 heavy (non-hydrogen) atoms. The first kappa shape index (κ1) is 17.9. The zero-order chi connectivity index (χ0) is 16.7. The molecule has 1 amide bonds. The molecule has 128 valence electrons. The lowest BCUT2D eigenvalue weighted by atomic mass is 9.95. The molecule has 1 fully saturated rings. The second-order valence-electron chi connectivity index (χ2n) is 5.93. The van der Waals surface area contributed by atoms with Crippen LogP contribution in [0.4, 0.5) is 0 Å². The second kappa shape index (κ2) is 8.45. The van der Waals surface area contributed by atoms with Gasteiger partial charge >= 0.3 is 0 Å². The van der Waals surface area contributed by atoms with Gasteiger partial charge in [-0.2, -0.15) is 4.31 Å². The van der Waals surface area contributed by atoms with Gasteiger partial charge in [-0.3, -0.25) is 4.79 Å². The summed E-state index contributed by atoms with van der Waals surface area (Å²) >= 11 is 0. The standard InChI is InChI=1S/C17H26N2O3S/c1-2-19(16-11-7-4-8-12-16)23(21,22)14-13-18-17(20)15-9-5-3-6-10-15/h3,5-6,9-10,16H,2,4,7-8,11-14H2,1H3,(H,18,20). The number of nitrogens with one attached hydrogen (secondary N) is 1. The summed E-state index contributed by atoms with van der Waals surface area (Å²) in [5.74, 6) is -0.280. The molecule has 0 saturated heterocycles. The lowest BCUT2D eigenvalue weighted by molar-refractivity contribution is 0.0956. The van der Waals surface area contributed by atoms with Crippen LogP contribution in [-0.4, -0.2) is 43.5 Å². The number of carbonyl (C=O) groups is 1. The third-order valence-corrected chi connectivity index (χ3v) is 6.32. The number of carbonyl (C=O) groups excluding carboxylic acids is 1. The second-order valence-corrected chi connectivity index (χ2v) is 7.97. The van der Waals surface area contributed by atoms with Gasteiger partial charge in [0.15, 0.2) is 0 Å². The number of nitrogens with zero attached hydrogens (tertiary/aromatic N) is 1. The van der Waals surface area contributed by atoms with Crippen molar-refractivity contribution in [2.24, 2.45) is 0 Å². The summed E-state index contributed by atoms with van der Waals surface area (Å²) in [5.41, 5.74) is 0.546. The molecule has 1 aliphatic rings. The molecular weight excluding hydrogens is 312 g/mol. The Labute approximate surface area is 139 Å². The normalized spacial score (nSPS) is 16.4. The van der Waals surface area contributed by atoms with E-state index in [2.05, 4.69) is 5.32 Å². The van der Waals surface area contributed by atoms with E-state index in [1.807, 2.05) is 13.0 Å². The summed E-state index contributed by atoms with van der Waals surface area (Å²) in [6.07, 6.45) is 5.29. The maximum atomic E-state index is 12.6. The van der Waals surface area contributed by atoms with Crippen LogP contribution in [0.2, 0.25) is 0 Å². The smallest absolute Gasteiger partial charge is 0.251 e. The summed E-state index contributed by atoms with van der Waals surface area (Å²) in [7, 11) is -3.33. The van der Waals surface area contributed by atoms with Crippen LogP contribution < -0.4 is 5.32 Å². The van der Waals surface area contributed by atoms with Crippen molar-refractivity contribution in [3.8, 4) is 0 Å². The first-order valence-electron chi connectivity index (χ1n) is 8.37. The first-order valence-corrected chi connectivity index (χ1v) is 9.98. The van der Waals surface area contributed by atoms with E-state index in [9.17, 15) is 13.2 Å². The van der Waals surface area contributed by atoms with Gasteiger partial charge in [-0.1, -0.05) is 44.4 Å². The van der Waals surface area contributed by atoms with Crippen LogP contribution in [0.3, 0.4) is 0 Å². The molecule has 0 atom stereocenters. The minimum atomic E-state index is -3.33. The highest BCUT2D eigenvalue weighted by molar-refractivity contribution is 7.89. The van der Waals surface area contributed by atoms with Gasteiger partial charge in [-0.05, 0) is 25.0 Å². The van der Waals surface area contributed by atoms with Crippen molar-refractivity contribution in [3.63, 3.8) is 0 Å². The maximum absolute atomic E-state index is 12.6. The van der Waals surface area contributed by atoms with Gasteiger partial charge in [0.25, 0.3) is 5.91 Å². The molecular formula is C17H26N2O3S. The van der Waals surface area contributed by atoms with Crippen molar-refractivity contribution in [2.75, 3.05) is 18.8 Å². The van der Waals surface area contributed by atoms with Crippen molar-refractivity contribution < 1.29 is 13.2 Å². The molecule has 0 unspecified atom stereocenters. The van der Waals surface area contributed by atoms with Crippen LogP contribution in [0.25, 0.3) is 0 Å². The lowest BCUT2D eigenvalue weighted by Crippen LogP contribution is -2.44. The monoisotopic (exact) mass is 338 g/mol. The van der Waals surface area contributed by atoms with E-state index < -0.39 is 10.0 Å². The number of sulfonamides is 1. The van der Waals surface area contributed by atoms with Crippen molar-refractivity contribution in [2.45, 2.75) is 45.1 Å². The van der Waals surface area contributed by atoms with E-state index in [0.29, 0.717) is 12.1 Å². The Kier molecular flexibility index (Phi) is 6.59. The topological polar surface area (TPSA) is 66.5 Å². The molecule has 2 rings (SSSR count). The summed E-state index contributed by atoms with van der Waals surface area (Å²) in [6, 6.07) is 8.96. The van der Waals surface area contributed by atoms with Gasteiger partial charge in [0.2, 0.25) is 10.0 Å². The average molecular weight is 338 g/mol. The summed E-state index contributed by atoms with van der Waals surface area (Å²) < 4.78 is 26.7. The lowest BCUT2D eigenvalue weighted by Gasteiger charge is -2.32. The Balaban J connectivity index is 1.88. The largest absolute Gasteiger partial charge is 0.351 e. The van der Waals surface area contributed by atoms with Gasteiger partial charge in [-0.25, -0.2) is 8.42 Å². The molecule has 0 aliphatic heterocycles. The van der Waals surface area contributed by atoms with Crippen molar-refractivity contribution in [1.82, 2.24) is 9.62 Å². The van der Waals surface area contributed by atoms with Crippen LogP contribution in [0.15, 0.2) is 30.3 Å². The number of rotatable bonds is 7. The molecule has 1 aromatic rings. The molecule has 1 saturated carbocycles. The van der Waals surface area contributed by atoms with E-state index >= 15 is 0 Å². The summed E-state index contributed by atoms with van der Waals surface area (Å²) in [4.78, 5) is 12.0. The fraction of sp³-hybridized carbons (Fsp3) is 0.588. The van der Waals surface area contributed by atoms with E-state index in [1.54, 1.807) is 28.6 Å². The predicted octanol–water partition coefficient (Wildman–Crippen LogP) is 2.40. The van der Waals surface area contributed by atoms with Crippen molar-refractivity contribution in [3.05, 3.63) is 35.9 Å². The van der Waals surface area contributed by atoms with Crippen LogP contribution in [0, 0.1) is 0 Å². The Morgan fingerprint density at radius 3 is 2.43 bits per heavy atom. The fourth-order valence-electron chi connectivity index (χ4n) is 3.15. The predicted molar refractivity (Wildman–Crippen MR) is 91.8 cm³/mol. The number of hydrogen-bond acceptors (Lipinski definition) is 3. The van der Waals surface area contributed by atoms with Crippen LogP contribution in [0.1, 0.15) is 49.4 Å².